The molecule has 0 aliphatic heterocycles. The lowest BCUT2D eigenvalue weighted by Gasteiger charge is -2.18. The molecule has 1 aromatic carbocycles. The van der Waals surface area contributed by atoms with Gasteiger partial charge in [0.1, 0.15) is 0 Å². The van der Waals surface area contributed by atoms with Gasteiger partial charge in [-0.25, -0.2) is 13.1 Å². The molecule has 0 heterocycles. The van der Waals surface area contributed by atoms with Gasteiger partial charge in [-0.1, -0.05) is 25.4 Å². The molecule has 0 aromatic heterocycles. The normalized spacial score (nSPS) is 13.7. The maximum absolute atomic E-state index is 12.6. The molecule has 1 rings (SSSR count). The van der Waals surface area contributed by atoms with E-state index in [0.717, 1.165) is 17.5 Å². The number of hydrogen-bond donors (Lipinski definition) is 2. The molecule has 1 atom stereocenters. The van der Waals surface area contributed by atoms with Crippen LogP contribution in [-0.2, 0) is 16.6 Å². The Balaban J connectivity index is 3.13. The zero-order valence-electron chi connectivity index (χ0n) is 13.3. The fraction of sp³-hybridized carbons (Fsp3) is 0.600. The van der Waals surface area contributed by atoms with E-state index in [1.165, 1.54) is 6.07 Å². The first-order chi connectivity index (χ1) is 9.67. The molecule has 21 heavy (non-hydrogen) atoms. The minimum Gasteiger partial charge on any atom is -0.316 e. The molecule has 0 fully saturated rings. The fourth-order valence-electron chi connectivity index (χ4n) is 2.44. The van der Waals surface area contributed by atoms with Crippen molar-refractivity contribution in [2.24, 2.45) is 5.92 Å². The Kier molecular flexibility index (Phi) is 6.66. The van der Waals surface area contributed by atoms with Crippen LogP contribution in [0, 0.1) is 12.8 Å². The Morgan fingerprint density at radius 1 is 1.24 bits per heavy atom. The fourth-order valence-corrected chi connectivity index (χ4v) is 4.32. The predicted molar refractivity (Wildman–Crippen MR) is 88.2 cm³/mol. The third kappa shape index (κ3) is 5.25. The summed E-state index contributed by atoms with van der Waals surface area (Å²) in [5, 5.41) is 3.46. The van der Waals surface area contributed by atoms with E-state index < -0.39 is 10.0 Å². The molecular weight excluding hydrogens is 308 g/mol. The number of hydrogen-bond acceptors (Lipinski definition) is 3. The van der Waals surface area contributed by atoms with Crippen LogP contribution in [0.2, 0.25) is 5.02 Å². The van der Waals surface area contributed by atoms with Gasteiger partial charge in [-0.3, -0.25) is 0 Å². The van der Waals surface area contributed by atoms with Crippen LogP contribution in [0.4, 0.5) is 0 Å². The van der Waals surface area contributed by atoms with Gasteiger partial charge in [0.15, 0.2) is 0 Å². The minimum atomic E-state index is -3.56. The lowest BCUT2D eigenvalue weighted by atomic mass is 10.1. The maximum Gasteiger partial charge on any atom is 0.241 e. The Morgan fingerprint density at radius 3 is 2.38 bits per heavy atom. The molecule has 120 valence electrons. The summed E-state index contributed by atoms with van der Waals surface area (Å²) in [4.78, 5) is 0.260. The summed E-state index contributed by atoms with van der Waals surface area (Å²) < 4.78 is 27.9. The van der Waals surface area contributed by atoms with Gasteiger partial charge in [0.05, 0.1) is 4.90 Å². The van der Waals surface area contributed by atoms with Crippen molar-refractivity contribution in [1.82, 2.24) is 10.0 Å². The molecule has 0 amide bonds. The van der Waals surface area contributed by atoms with E-state index in [1.807, 2.05) is 20.9 Å². The highest BCUT2D eigenvalue weighted by Crippen LogP contribution is 2.25. The van der Waals surface area contributed by atoms with Crippen LogP contribution in [0.1, 0.15) is 38.3 Å². The molecule has 6 heteroatoms. The number of sulfonamides is 1. The minimum absolute atomic E-state index is 0.110. The van der Waals surface area contributed by atoms with Crippen molar-refractivity contribution in [3.05, 3.63) is 28.3 Å². The molecule has 0 spiro atoms. The summed E-state index contributed by atoms with van der Waals surface area (Å²) in [6.45, 7) is 8.41. The number of benzene rings is 1. The molecule has 0 aliphatic carbocycles. The van der Waals surface area contributed by atoms with E-state index >= 15 is 0 Å². The molecule has 0 aliphatic rings. The number of nitrogens with one attached hydrogen (secondary N) is 2. The van der Waals surface area contributed by atoms with E-state index in [9.17, 15) is 8.42 Å². The van der Waals surface area contributed by atoms with E-state index in [-0.39, 0.29) is 10.9 Å². The van der Waals surface area contributed by atoms with Crippen molar-refractivity contribution in [3.8, 4) is 0 Å². The standard InChI is InChI=1S/C15H25ClN2O2S/c1-10(2)6-11(3)18-21(19,20)15-8-14(16)7-13(9-17-5)12(15)4/h7-8,10-11,17-18H,6,9H2,1-5H3. The topological polar surface area (TPSA) is 58.2 Å². The largest absolute Gasteiger partial charge is 0.316 e. The quantitative estimate of drug-likeness (QED) is 0.806. The van der Waals surface area contributed by atoms with Crippen molar-refractivity contribution in [3.63, 3.8) is 0 Å². The molecule has 0 bridgehead atoms. The molecule has 0 radical (unpaired) electrons. The summed E-state index contributed by atoms with van der Waals surface area (Å²) in [7, 11) is -1.74. The van der Waals surface area contributed by atoms with E-state index in [1.54, 1.807) is 6.07 Å². The SMILES string of the molecule is CNCc1cc(Cl)cc(S(=O)(=O)NC(C)CC(C)C)c1C. The highest BCUT2D eigenvalue weighted by atomic mass is 35.5. The Hall–Kier alpha value is -0.620. The van der Waals surface area contributed by atoms with Crippen LogP contribution in [0.5, 0.6) is 0 Å². The van der Waals surface area contributed by atoms with Crippen LogP contribution < -0.4 is 10.0 Å². The van der Waals surface area contributed by atoms with Crippen molar-refractivity contribution < 1.29 is 8.42 Å². The molecule has 0 saturated heterocycles. The van der Waals surface area contributed by atoms with E-state index in [4.69, 9.17) is 11.6 Å². The van der Waals surface area contributed by atoms with Gasteiger partial charge in [-0.05, 0) is 56.5 Å². The van der Waals surface area contributed by atoms with Gasteiger partial charge in [0.2, 0.25) is 10.0 Å². The zero-order valence-corrected chi connectivity index (χ0v) is 14.9. The second-order valence-corrected chi connectivity index (χ2v) is 7.99. The monoisotopic (exact) mass is 332 g/mol. The Morgan fingerprint density at radius 2 is 1.86 bits per heavy atom. The Labute approximate surface area is 133 Å². The molecular formula is C15H25ClN2O2S. The van der Waals surface area contributed by atoms with Crippen molar-refractivity contribution >= 4 is 21.6 Å². The predicted octanol–water partition coefficient (Wildman–Crippen LogP) is 3.08. The molecule has 0 saturated carbocycles. The van der Waals surface area contributed by atoms with Crippen molar-refractivity contribution in [1.29, 1.82) is 0 Å². The van der Waals surface area contributed by atoms with Crippen LogP contribution >= 0.6 is 11.6 Å². The van der Waals surface area contributed by atoms with Gasteiger partial charge in [0.25, 0.3) is 0 Å². The molecule has 2 N–H and O–H groups in total. The third-order valence-corrected chi connectivity index (χ3v) is 5.20. The summed E-state index contributed by atoms with van der Waals surface area (Å²) in [5.41, 5.74) is 1.62. The first-order valence-electron chi connectivity index (χ1n) is 7.13. The van der Waals surface area contributed by atoms with Crippen LogP contribution in [0.3, 0.4) is 0 Å². The van der Waals surface area contributed by atoms with Crippen LogP contribution in [0.25, 0.3) is 0 Å². The van der Waals surface area contributed by atoms with Gasteiger partial charge >= 0.3 is 0 Å². The summed E-state index contributed by atoms with van der Waals surface area (Å²) in [6, 6.07) is 3.20. The van der Waals surface area contributed by atoms with Gasteiger partial charge in [-0.2, -0.15) is 0 Å². The summed E-state index contributed by atoms with van der Waals surface area (Å²) in [5.74, 6) is 0.433. The second kappa shape index (κ2) is 7.58. The average molecular weight is 333 g/mol. The van der Waals surface area contributed by atoms with Crippen LogP contribution in [-0.4, -0.2) is 21.5 Å². The first-order valence-corrected chi connectivity index (χ1v) is 8.99. The molecule has 4 nitrogen and oxygen atoms in total. The van der Waals surface area contributed by atoms with E-state index in [2.05, 4.69) is 23.9 Å². The smallest absolute Gasteiger partial charge is 0.241 e. The first kappa shape index (κ1) is 18.4. The summed E-state index contributed by atoms with van der Waals surface area (Å²) >= 11 is 6.06. The van der Waals surface area contributed by atoms with E-state index in [0.29, 0.717) is 17.5 Å². The molecule has 1 unspecified atom stereocenters. The lowest BCUT2D eigenvalue weighted by Crippen LogP contribution is -2.34. The van der Waals surface area contributed by atoms with Crippen LogP contribution in [0.15, 0.2) is 17.0 Å². The highest BCUT2D eigenvalue weighted by molar-refractivity contribution is 7.89. The lowest BCUT2D eigenvalue weighted by molar-refractivity contribution is 0.482. The van der Waals surface area contributed by atoms with Gasteiger partial charge in [-0.15, -0.1) is 0 Å². The Bertz CT molecular complexity index is 586. The van der Waals surface area contributed by atoms with Crippen molar-refractivity contribution in [2.75, 3.05) is 7.05 Å². The number of rotatable bonds is 7. The molecule has 1 aromatic rings. The third-order valence-electron chi connectivity index (χ3n) is 3.27. The highest BCUT2D eigenvalue weighted by Gasteiger charge is 2.22. The average Bonchev–Trinajstić information content (AvgIpc) is 2.31. The maximum atomic E-state index is 12.6. The number of halogens is 1. The van der Waals surface area contributed by atoms with Gasteiger partial charge in [0, 0.05) is 17.6 Å². The van der Waals surface area contributed by atoms with Gasteiger partial charge < -0.3 is 5.32 Å². The zero-order chi connectivity index (χ0) is 16.2. The summed E-state index contributed by atoms with van der Waals surface area (Å²) in [6.07, 6.45) is 0.794. The second-order valence-electron chi connectivity index (χ2n) is 5.87. The van der Waals surface area contributed by atoms with Crippen molar-refractivity contribution in [2.45, 2.75) is 51.6 Å².